The maximum absolute atomic E-state index is 13.5. The van der Waals surface area contributed by atoms with Crippen LogP contribution in [0.1, 0.15) is 34.6 Å². The maximum Gasteiger partial charge on any atom is 0.257 e. The van der Waals surface area contributed by atoms with Crippen molar-refractivity contribution in [1.29, 1.82) is 0 Å². The highest BCUT2D eigenvalue weighted by molar-refractivity contribution is 6.05. The predicted molar refractivity (Wildman–Crippen MR) is 143 cm³/mol. The topological polar surface area (TPSA) is 91.4 Å². The fourth-order valence-electron chi connectivity index (χ4n) is 4.36. The van der Waals surface area contributed by atoms with E-state index >= 15 is 0 Å². The normalized spacial score (nSPS) is 20.9. The van der Waals surface area contributed by atoms with Crippen LogP contribution in [0.3, 0.4) is 0 Å². The number of ether oxygens (including phenoxy) is 2. The molecule has 0 unspecified atom stereocenters. The molecule has 2 aromatic carbocycles. The summed E-state index contributed by atoms with van der Waals surface area (Å²) in [4.78, 5) is 44.5. The van der Waals surface area contributed by atoms with E-state index in [9.17, 15) is 14.4 Å². The summed E-state index contributed by atoms with van der Waals surface area (Å²) in [6.07, 6.45) is -0.277. The van der Waals surface area contributed by atoms with Crippen LogP contribution in [0.2, 0.25) is 0 Å². The van der Waals surface area contributed by atoms with Crippen molar-refractivity contribution in [2.45, 2.75) is 26.0 Å². The van der Waals surface area contributed by atoms with E-state index in [1.165, 1.54) is 0 Å². The zero-order valence-corrected chi connectivity index (χ0v) is 22.6. The molecule has 1 N–H and O–H groups in total. The van der Waals surface area contributed by atoms with Crippen LogP contribution in [0, 0.1) is 5.92 Å². The van der Waals surface area contributed by atoms with E-state index in [4.69, 9.17) is 9.47 Å². The number of hydrogen-bond donors (Lipinski definition) is 1. The fourth-order valence-corrected chi connectivity index (χ4v) is 4.36. The smallest absolute Gasteiger partial charge is 0.257 e. The van der Waals surface area contributed by atoms with Crippen LogP contribution in [0.4, 0.5) is 5.69 Å². The molecule has 1 heterocycles. The van der Waals surface area contributed by atoms with Crippen molar-refractivity contribution in [3.05, 3.63) is 59.7 Å². The summed E-state index contributed by atoms with van der Waals surface area (Å²) in [6.45, 7) is 5.27. The molecule has 3 rings (SSSR count). The summed E-state index contributed by atoms with van der Waals surface area (Å²) in [6, 6.07) is 13.7. The number of nitrogens with zero attached hydrogens (tertiary/aromatic N) is 3. The van der Waals surface area contributed by atoms with Gasteiger partial charge in [-0.05, 0) is 51.4 Å². The third-order valence-corrected chi connectivity index (χ3v) is 6.51. The first-order chi connectivity index (χ1) is 17.6. The highest BCUT2D eigenvalue weighted by Gasteiger charge is 2.30. The SMILES string of the molecule is CO[C@H]1CN(C)C(=O)c2cc(NC(=O)c3ccccc3)ccc2OC[C@@H](C)N(C(=O)CN(C)C)C[C@H]1C. The van der Waals surface area contributed by atoms with Gasteiger partial charge < -0.3 is 29.5 Å². The molecule has 200 valence electrons. The molecule has 0 spiro atoms. The second-order valence-electron chi connectivity index (χ2n) is 9.91. The van der Waals surface area contributed by atoms with Crippen LogP contribution in [0.5, 0.6) is 5.75 Å². The Kier molecular flexibility index (Phi) is 9.66. The first-order valence-electron chi connectivity index (χ1n) is 12.5. The number of likely N-dealkylation sites (N-methyl/N-ethyl adjacent to an activating group) is 2. The molecule has 1 aliphatic heterocycles. The van der Waals surface area contributed by atoms with E-state index in [1.807, 2.05) is 43.8 Å². The lowest BCUT2D eigenvalue weighted by Gasteiger charge is -2.36. The predicted octanol–water partition coefficient (Wildman–Crippen LogP) is 2.83. The molecule has 0 fully saturated rings. The van der Waals surface area contributed by atoms with E-state index in [2.05, 4.69) is 5.32 Å². The molecule has 9 heteroatoms. The Balaban J connectivity index is 1.93. The summed E-state index contributed by atoms with van der Waals surface area (Å²) in [7, 11) is 7.06. The van der Waals surface area contributed by atoms with E-state index < -0.39 is 0 Å². The van der Waals surface area contributed by atoms with Gasteiger partial charge >= 0.3 is 0 Å². The van der Waals surface area contributed by atoms with Crippen molar-refractivity contribution < 1.29 is 23.9 Å². The number of anilines is 1. The first-order valence-corrected chi connectivity index (χ1v) is 12.5. The third kappa shape index (κ3) is 7.30. The summed E-state index contributed by atoms with van der Waals surface area (Å²) in [5.41, 5.74) is 1.33. The molecular weight excluding hydrogens is 472 g/mol. The van der Waals surface area contributed by atoms with Gasteiger partial charge in [-0.2, -0.15) is 0 Å². The summed E-state index contributed by atoms with van der Waals surface area (Å²) in [5.74, 6) is -0.141. The Morgan fingerprint density at radius 1 is 1.11 bits per heavy atom. The number of nitrogens with one attached hydrogen (secondary N) is 1. The molecule has 3 amide bonds. The summed E-state index contributed by atoms with van der Waals surface area (Å²) < 4.78 is 11.9. The quantitative estimate of drug-likeness (QED) is 0.665. The number of hydrogen-bond acceptors (Lipinski definition) is 6. The van der Waals surface area contributed by atoms with E-state index in [-0.39, 0.29) is 48.9 Å². The van der Waals surface area contributed by atoms with Gasteiger partial charge in [0, 0.05) is 44.4 Å². The Labute approximate surface area is 219 Å². The number of rotatable bonds is 5. The lowest BCUT2D eigenvalue weighted by molar-refractivity contribution is -0.136. The van der Waals surface area contributed by atoms with Gasteiger partial charge in [0.2, 0.25) is 5.91 Å². The first kappa shape index (κ1) is 28.1. The Morgan fingerprint density at radius 2 is 1.81 bits per heavy atom. The van der Waals surface area contributed by atoms with E-state index in [0.29, 0.717) is 35.7 Å². The number of benzene rings is 2. The van der Waals surface area contributed by atoms with Gasteiger partial charge in [0.25, 0.3) is 11.8 Å². The maximum atomic E-state index is 13.5. The van der Waals surface area contributed by atoms with Crippen LogP contribution >= 0.6 is 0 Å². The van der Waals surface area contributed by atoms with Gasteiger partial charge in [-0.25, -0.2) is 0 Å². The number of methoxy groups -OCH3 is 1. The van der Waals surface area contributed by atoms with Crippen LogP contribution < -0.4 is 10.1 Å². The molecule has 0 radical (unpaired) electrons. The second-order valence-corrected chi connectivity index (χ2v) is 9.91. The molecule has 2 aromatic rings. The summed E-state index contributed by atoms with van der Waals surface area (Å²) >= 11 is 0. The average molecular weight is 511 g/mol. The van der Waals surface area contributed by atoms with Crippen LogP contribution in [0.15, 0.2) is 48.5 Å². The number of carbonyl (C=O) groups excluding carboxylic acids is 3. The highest BCUT2D eigenvalue weighted by atomic mass is 16.5. The van der Waals surface area contributed by atoms with E-state index in [0.717, 1.165) is 0 Å². The van der Waals surface area contributed by atoms with Gasteiger partial charge in [0.15, 0.2) is 0 Å². The molecule has 0 bridgehead atoms. The Bertz CT molecular complexity index is 1090. The molecule has 9 nitrogen and oxygen atoms in total. The van der Waals surface area contributed by atoms with Crippen molar-refractivity contribution >= 4 is 23.4 Å². The molecule has 1 aliphatic rings. The molecule has 0 aromatic heterocycles. The average Bonchev–Trinajstić information content (AvgIpc) is 2.88. The summed E-state index contributed by atoms with van der Waals surface area (Å²) in [5, 5.41) is 2.86. The van der Waals surface area contributed by atoms with Crippen LogP contribution in [0.25, 0.3) is 0 Å². The lowest BCUT2D eigenvalue weighted by Crippen LogP contribution is -2.50. The lowest BCUT2D eigenvalue weighted by atomic mass is 10.0. The van der Waals surface area contributed by atoms with Crippen molar-refractivity contribution in [3.63, 3.8) is 0 Å². The molecule has 0 saturated carbocycles. The monoisotopic (exact) mass is 510 g/mol. The van der Waals surface area contributed by atoms with Crippen LogP contribution in [-0.4, -0.2) is 99.1 Å². The molecule has 0 saturated heterocycles. The van der Waals surface area contributed by atoms with Crippen molar-refractivity contribution in [1.82, 2.24) is 14.7 Å². The Hall–Kier alpha value is -3.43. The minimum absolute atomic E-state index is 0.00323. The second kappa shape index (κ2) is 12.7. The van der Waals surface area contributed by atoms with Crippen molar-refractivity contribution in [3.8, 4) is 5.75 Å². The van der Waals surface area contributed by atoms with Crippen molar-refractivity contribution in [2.75, 3.05) is 59.8 Å². The minimum Gasteiger partial charge on any atom is -0.491 e. The fraction of sp³-hybridized carbons (Fsp3) is 0.464. The molecule has 3 atom stereocenters. The van der Waals surface area contributed by atoms with Gasteiger partial charge in [-0.1, -0.05) is 25.1 Å². The van der Waals surface area contributed by atoms with Gasteiger partial charge in [-0.3, -0.25) is 14.4 Å². The Morgan fingerprint density at radius 3 is 2.46 bits per heavy atom. The highest BCUT2D eigenvalue weighted by Crippen LogP contribution is 2.27. The standard InChI is InChI=1S/C28H38N4O5/c1-19-15-32(26(33)17-30(3)4)20(2)18-37-24-13-12-22(29-27(34)21-10-8-7-9-11-21)14-23(24)28(35)31(5)16-25(19)36-6/h7-14,19-20,25H,15-18H2,1-6H3,(H,29,34)/t19-,20-,25+/m1/s1. The van der Waals surface area contributed by atoms with Crippen LogP contribution in [-0.2, 0) is 9.53 Å². The largest absolute Gasteiger partial charge is 0.491 e. The molecular formula is C28H38N4O5. The zero-order valence-electron chi connectivity index (χ0n) is 22.6. The minimum atomic E-state index is -0.277. The van der Waals surface area contributed by atoms with Gasteiger partial charge in [-0.15, -0.1) is 0 Å². The number of amides is 3. The van der Waals surface area contributed by atoms with Gasteiger partial charge in [0.05, 0.1) is 24.3 Å². The molecule has 37 heavy (non-hydrogen) atoms. The zero-order chi connectivity index (χ0) is 27.1. The number of carbonyl (C=O) groups is 3. The van der Waals surface area contributed by atoms with E-state index in [1.54, 1.807) is 61.5 Å². The number of fused-ring (bicyclic) bond motifs is 1. The molecule has 0 aliphatic carbocycles. The third-order valence-electron chi connectivity index (χ3n) is 6.51. The van der Waals surface area contributed by atoms with Crippen molar-refractivity contribution in [2.24, 2.45) is 5.92 Å². The van der Waals surface area contributed by atoms with Gasteiger partial charge in [0.1, 0.15) is 12.4 Å².